The maximum atomic E-state index is 12.4. The molecule has 1 aliphatic carbocycles. The second kappa shape index (κ2) is 6.74. The number of carbonyl (C=O) groups is 2. The van der Waals surface area contributed by atoms with Gasteiger partial charge >= 0.3 is 0 Å². The smallest absolute Gasteiger partial charge is 0.232 e. The molecule has 2 amide bonds. The highest BCUT2D eigenvalue weighted by atomic mass is 32.2. The summed E-state index contributed by atoms with van der Waals surface area (Å²) in [6.07, 6.45) is 0. The lowest BCUT2D eigenvalue weighted by Crippen LogP contribution is -2.37. The van der Waals surface area contributed by atoms with Gasteiger partial charge in [0.1, 0.15) is 0 Å². The van der Waals surface area contributed by atoms with E-state index < -0.39 is 0 Å². The molecule has 1 aromatic rings. The zero-order valence-corrected chi connectivity index (χ0v) is 14.4. The van der Waals surface area contributed by atoms with Crippen LogP contribution in [0.25, 0.3) is 0 Å². The zero-order valence-electron chi connectivity index (χ0n) is 13.6. The fourth-order valence-electron chi connectivity index (χ4n) is 3.68. The third-order valence-corrected chi connectivity index (χ3v) is 6.24. The minimum absolute atomic E-state index is 0.0142. The summed E-state index contributed by atoms with van der Waals surface area (Å²) < 4.78 is 0. The molecule has 6 nitrogen and oxygen atoms in total. The Morgan fingerprint density at radius 2 is 1.88 bits per heavy atom. The van der Waals surface area contributed by atoms with E-state index in [0.29, 0.717) is 24.5 Å². The van der Waals surface area contributed by atoms with Crippen molar-refractivity contribution in [2.24, 2.45) is 17.3 Å². The second-order valence-electron chi connectivity index (χ2n) is 6.53. The minimum atomic E-state index is -0.373. The van der Waals surface area contributed by atoms with Crippen molar-refractivity contribution >= 4 is 29.3 Å². The molecule has 24 heavy (non-hydrogen) atoms. The molecular formula is C17H22N2O4S. The van der Waals surface area contributed by atoms with Gasteiger partial charge in [0.25, 0.3) is 0 Å². The summed E-state index contributed by atoms with van der Waals surface area (Å²) in [5.74, 6) is 0.649. The van der Waals surface area contributed by atoms with Crippen LogP contribution in [0.2, 0.25) is 0 Å². The summed E-state index contributed by atoms with van der Waals surface area (Å²) in [6, 6.07) is 7.41. The Labute approximate surface area is 145 Å². The quantitative estimate of drug-likeness (QED) is 0.660. The van der Waals surface area contributed by atoms with Crippen molar-refractivity contribution in [2.75, 3.05) is 37.4 Å². The number of aliphatic hydroxyl groups is 2. The molecule has 0 aromatic heterocycles. The molecule has 130 valence electrons. The average Bonchev–Trinajstić information content (AvgIpc) is 2.93. The number of benzene rings is 1. The number of hydrogen-bond donors (Lipinski definition) is 3. The van der Waals surface area contributed by atoms with Crippen molar-refractivity contribution in [2.45, 2.75) is 11.8 Å². The highest BCUT2D eigenvalue weighted by molar-refractivity contribution is 8.00. The van der Waals surface area contributed by atoms with E-state index >= 15 is 0 Å². The number of hydrogen-bond acceptors (Lipinski definition) is 5. The normalized spacial score (nSPS) is 23.7. The number of piperidine rings is 1. The largest absolute Gasteiger partial charge is 0.396 e. The Balaban J connectivity index is 1.54. The maximum absolute atomic E-state index is 12.4. The first-order valence-corrected chi connectivity index (χ1v) is 8.99. The number of nitrogens with zero attached hydrogens (tertiary/aromatic N) is 1. The Bertz CT molecular complexity index is 633. The molecule has 0 bridgehead atoms. The van der Waals surface area contributed by atoms with Crippen LogP contribution in [0.3, 0.4) is 0 Å². The number of para-hydroxylation sites is 1. The van der Waals surface area contributed by atoms with Crippen molar-refractivity contribution in [1.29, 1.82) is 0 Å². The molecule has 2 unspecified atom stereocenters. The molecule has 1 heterocycles. The molecule has 3 N–H and O–H groups in total. The van der Waals surface area contributed by atoms with Gasteiger partial charge in [-0.3, -0.25) is 9.59 Å². The van der Waals surface area contributed by atoms with Gasteiger partial charge in [0.2, 0.25) is 11.8 Å². The third kappa shape index (κ3) is 3.03. The van der Waals surface area contributed by atoms with Crippen LogP contribution >= 0.6 is 11.8 Å². The number of rotatable bonds is 6. The number of thioether (sulfide) groups is 1. The van der Waals surface area contributed by atoms with E-state index in [1.807, 2.05) is 29.2 Å². The SMILES string of the molecule is CC(=O)Nc1ccccc1SCC(=O)N1CC2C(C1)C2(CO)CO. The standard InChI is InChI=1S/C17H22N2O4S/c1-11(22)18-14-4-2-3-5-15(14)24-8-16(23)19-6-12-13(7-19)17(12,9-20)10-21/h2-5,12-13,20-21H,6-10H2,1H3,(H,18,22). The number of likely N-dealkylation sites (tertiary alicyclic amines) is 1. The molecular weight excluding hydrogens is 328 g/mol. The van der Waals surface area contributed by atoms with Crippen LogP contribution < -0.4 is 5.32 Å². The van der Waals surface area contributed by atoms with Crippen molar-refractivity contribution in [3.63, 3.8) is 0 Å². The van der Waals surface area contributed by atoms with Crippen LogP contribution in [0.15, 0.2) is 29.2 Å². The first kappa shape index (κ1) is 17.3. The summed E-state index contributed by atoms with van der Waals surface area (Å²) in [5.41, 5.74) is 0.341. The lowest BCUT2D eigenvalue weighted by atomic mass is 10.0. The van der Waals surface area contributed by atoms with Crippen molar-refractivity contribution < 1.29 is 19.8 Å². The Hall–Kier alpha value is -1.57. The molecule has 7 heteroatoms. The van der Waals surface area contributed by atoms with Crippen molar-refractivity contribution in [1.82, 2.24) is 4.90 Å². The molecule has 1 aliphatic heterocycles. The highest BCUT2D eigenvalue weighted by Crippen LogP contribution is 2.62. The summed E-state index contributed by atoms with van der Waals surface area (Å²) in [7, 11) is 0. The van der Waals surface area contributed by atoms with Crippen LogP contribution in [0.5, 0.6) is 0 Å². The highest BCUT2D eigenvalue weighted by Gasteiger charge is 2.67. The number of anilines is 1. The maximum Gasteiger partial charge on any atom is 0.232 e. The van der Waals surface area contributed by atoms with E-state index in [1.54, 1.807) is 0 Å². The number of carbonyl (C=O) groups excluding carboxylic acids is 2. The lowest BCUT2D eigenvalue weighted by Gasteiger charge is -2.24. The van der Waals surface area contributed by atoms with Gasteiger partial charge in [0, 0.05) is 30.3 Å². The van der Waals surface area contributed by atoms with Gasteiger partial charge in [-0.2, -0.15) is 0 Å². The van der Waals surface area contributed by atoms with Crippen LogP contribution in [0, 0.1) is 17.3 Å². The number of aliphatic hydroxyl groups excluding tert-OH is 2. The topological polar surface area (TPSA) is 89.9 Å². The van der Waals surface area contributed by atoms with E-state index in [4.69, 9.17) is 0 Å². The minimum Gasteiger partial charge on any atom is -0.396 e. The lowest BCUT2D eigenvalue weighted by molar-refractivity contribution is -0.128. The molecule has 2 aliphatic rings. The summed E-state index contributed by atoms with van der Waals surface area (Å²) >= 11 is 1.41. The molecule has 0 spiro atoms. The van der Waals surface area contributed by atoms with Gasteiger partial charge in [-0.15, -0.1) is 11.8 Å². The fraction of sp³-hybridized carbons (Fsp3) is 0.529. The van der Waals surface area contributed by atoms with Gasteiger partial charge in [-0.25, -0.2) is 0 Å². The zero-order chi connectivity index (χ0) is 17.3. The fourth-order valence-corrected chi connectivity index (χ4v) is 4.59. The van der Waals surface area contributed by atoms with E-state index in [0.717, 1.165) is 4.90 Å². The average molecular weight is 350 g/mol. The van der Waals surface area contributed by atoms with Crippen LogP contribution in [0.1, 0.15) is 6.92 Å². The Morgan fingerprint density at radius 3 is 2.46 bits per heavy atom. The molecule has 0 radical (unpaired) electrons. The van der Waals surface area contributed by atoms with E-state index in [2.05, 4.69) is 5.32 Å². The molecule has 2 fully saturated rings. The summed E-state index contributed by atoms with van der Waals surface area (Å²) in [5, 5.41) is 21.6. The molecule has 3 rings (SSSR count). The van der Waals surface area contributed by atoms with Crippen LogP contribution in [0.4, 0.5) is 5.69 Å². The number of amides is 2. The van der Waals surface area contributed by atoms with Gasteiger partial charge < -0.3 is 20.4 Å². The molecule has 1 saturated heterocycles. The monoisotopic (exact) mass is 350 g/mol. The van der Waals surface area contributed by atoms with Crippen LogP contribution in [-0.2, 0) is 9.59 Å². The number of fused-ring (bicyclic) bond motifs is 1. The first-order valence-electron chi connectivity index (χ1n) is 8.00. The second-order valence-corrected chi connectivity index (χ2v) is 7.54. The molecule has 1 saturated carbocycles. The Morgan fingerprint density at radius 1 is 1.25 bits per heavy atom. The van der Waals surface area contributed by atoms with Gasteiger partial charge in [0.05, 0.1) is 24.7 Å². The van der Waals surface area contributed by atoms with Crippen molar-refractivity contribution in [3.05, 3.63) is 24.3 Å². The van der Waals surface area contributed by atoms with Gasteiger partial charge in [-0.05, 0) is 24.0 Å². The van der Waals surface area contributed by atoms with Crippen molar-refractivity contribution in [3.8, 4) is 0 Å². The number of nitrogens with one attached hydrogen (secondary N) is 1. The summed E-state index contributed by atoms with van der Waals surface area (Å²) in [4.78, 5) is 26.3. The van der Waals surface area contributed by atoms with Gasteiger partial charge in [-0.1, -0.05) is 12.1 Å². The van der Waals surface area contributed by atoms with E-state index in [9.17, 15) is 19.8 Å². The third-order valence-electron chi connectivity index (χ3n) is 5.18. The predicted molar refractivity (Wildman–Crippen MR) is 91.6 cm³/mol. The van der Waals surface area contributed by atoms with Crippen LogP contribution in [-0.4, -0.2) is 59.0 Å². The van der Waals surface area contributed by atoms with Gasteiger partial charge in [0.15, 0.2) is 0 Å². The first-order chi connectivity index (χ1) is 11.5. The predicted octanol–water partition coefficient (Wildman–Crippen LogP) is 0.796. The Kier molecular flexibility index (Phi) is 4.85. The van der Waals surface area contributed by atoms with E-state index in [1.165, 1.54) is 18.7 Å². The molecule has 1 aromatic carbocycles. The summed E-state index contributed by atoms with van der Waals surface area (Å²) in [6.45, 7) is 2.65. The molecule has 2 atom stereocenters. The van der Waals surface area contributed by atoms with E-state index in [-0.39, 0.29) is 42.3 Å².